The van der Waals surface area contributed by atoms with Gasteiger partial charge in [0.05, 0.1) is 16.1 Å². The molecule has 31 heavy (non-hydrogen) atoms. The number of amides is 3. The maximum atomic E-state index is 13.0. The molecule has 0 unspecified atom stereocenters. The smallest absolute Gasteiger partial charge is 0.256 e. The van der Waals surface area contributed by atoms with Gasteiger partial charge in [-0.15, -0.1) is 0 Å². The third-order valence-corrected chi connectivity index (χ3v) is 7.55. The zero-order valence-electron chi connectivity index (χ0n) is 16.4. The van der Waals surface area contributed by atoms with Crippen LogP contribution in [-0.4, -0.2) is 55.4 Å². The fraction of sp³-hybridized carbons (Fsp3) is 0.286. The minimum atomic E-state index is -3.76. The predicted octanol–water partition coefficient (Wildman–Crippen LogP) is 1.96. The van der Waals surface area contributed by atoms with Crippen molar-refractivity contribution in [3.8, 4) is 0 Å². The summed E-state index contributed by atoms with van der Waals surface area (Å²) in [5.41, 5.74) is 0.851. The first kappa shape index (κ1) is 21.5. The highest BCUT2D eigenvalue weighted by Gasteiger charge is 2.40. The van der Waals surface area contributed by atoms with E-state index in [1.807, 2.05) is 0 Å². The lowest BCUT2D eigenvalue weighted by molar-refractivity contribution is -0.124. The van der Waals surface area contributed by atoms with E-state index in [9.17, 15) is 22.8 Å². The lowest BCUT2D eigenvalue weighted by Gasteiger charge is -2.37. The molecular formula is C21H20BrN3O5S. The Hall–Kier alpha value is -2.72. The zero-order chi connectivity index (χ0) is 22.2. The first-order chi connectivity index (χ1) is 14.7. The number of nitrogens with one attached hydrogen (secondary N) is 2. The molecule has 162 valence electrons. The number of carbonyl (C=O) groups excluding carboxylic acids is 3. The number of sulfone groups is 1. The topological polar surface area (TPSA) is 113 Å². The van der Waals surface area contributed by atoms with Crippen LogP contribution in [0.3, 0.4) is 0 Å². The van der Waals surface area contributed by atoms with Gasteiger partial charge in [0.25, 0.3) is 5.91 Å². The largest absolute Gasteiger partial charge is 0.352 e. The lowest BCUT2D eigenvalue weighted by atomic mass is 9.96. The third kappa shape index (κ3) is 4.49. The molecule has 2 aliphatic heterocycles. The molecule has 2 aromatic carbocycles. The number of hydrogen-bond acceptors (Lipinski definition) is 5. The summed E-state index contributed by atoms with van der Waals surface area (Å²) in [6.07, 6.45) is 0.639. The van der Waals surface area contributed by atoms with E-state index in [0.717, 1.165) is 4.47 Å². The van der Waals surface area contributed by atoms with E-state index >= 15 is 0 Å². The number of nitrogens with zero attached hydrogens (tertiary/aromatic N) is 1. The average Bonchev–Trinajstić information content (AvgIpc) is 2.83. The van der Waals surface area contributed by atoms with Crippen molar-refractivity contribution in [1.82, 2.24) is 10.2 Å². The Kier molecular flexibility index (Phi) is 5.85. The second kappa shape index (κ2) is 8.43. The Morgan fingerprint density at radius 1 is 1.16 bits per heavy atom. The molecule has 8 nitrogen and oxygen atoms in total. The number of hydrogen-bond donors (Lipinski definition) is 2. The summed E-state index contributed by atoms with van der Waals surface area (Å²) in [7, 11) is -3.76. The van der Waals surface area contributed by atoms with Gasteiger partial charge in [-0.2, -0.15) is 0 Å². The van der Waals surface area contributed by atoms with Gasteiger partial charge in [-0.1, -0.05) is 34.1 Å². The molecule has 2 heterocycles. The van der Waals surface area contributed by atoms with Crippen LogP contribution in [-0.2, 0) is 19.4 Å². The second-order valence-electron chi connectivity index (χ2n) is 7.55. The van der Waals surface area contributed by atoms with Gasteiger partial charge in [-0.05, 0) is 43.2 Å². The van der Waals surface area contributed by atoms with Crippen molar-refractivity contribution in [2.24, 2.45) is 0 Å². The standard InChI is InChI=1S/C21H20BrN3O5S/c22-13-6-7-17-16(10-13)21(28)25-9-8-14(11-18(25)20(27)24-17)23-19(26)12-31(29,30)15-4-2-1-3-5-15/h1-7,10,14,18H,8-9,11-12H2,(H,23,26)(H,24,27)/t14-,18+/m1/s1. The van der Waals surface area contributed by atoms with Crippen molar-refractivity contribution in [3.63, 3.8) is 0 Å². The summed E-state index contributed by atoms with van der Waals surface area (Å²) < 4.78 is 25.6. The zero-order valence-corrected chi connectivity index (χ0v) is 18.8. The van der Waals surface area contributed by atoms with Crippen LogP contribution in [0, 0.1) is 0 Å². The number of benzene rings is 2. The number of piperidine rings is 1. The van der Waals surface area contributed by atoms with Crippen LogP contribution in [0.5, 0.6) is 0 Å². The number of carbonyl (C=O) groups is 3. The summed E-state index contributed by atoms with van der Waals surface area (Å²) in [5, 5.41) is 5.50. The molecule has 0 aliphatic carbocycles. The van der Waals surface area contributed by atoms with E-state index in [1.165, 1.54) is 17.0 Å². The fourth-order valence-electron chi connectivity index (χ4n) is 3.91. The van der Waals surface area contributed by atoms with Crippen LogP contribution in [0.4, 0.5) is 5.69 Å². The number of rotatable bonds is 4. The van der Waals surface area contributed by atoms with Crippen LogP contribution < -0.4 is 10.6 Å². The average molecular weight is 506 g/mol. The maximum Gasteiger partial charge on any atom is 0.256 e. The molecular weight excluding hydrogens is 486 g/mol. The highest BCUT2D eigenvalue weighted by molar-refractivity contribution is 9.10. The number of anilines is 1. The van der Waals surface area contributed by atoms with Gasteiger partial charge in [-0.25, -0.2) is 8.42 Å². The molecule has 2 aromatic rings. The summed E-state index contributed by atoms with van der Waals surface area (Å²) in [4.78, 5) is 39.8. The van der Waals surface area contributed by atoms with Crippen molar-refractivity contribution < 1.29 is 22.8 Å². The molecule has 3 amide bonds. The summed E-state index contributed by atoms with van der Waals surface area (Å²) >= 11 is 3.34. The third-order valence-electron chi connectivity index (χ3n) is 5.42. The highest BCUT2D eigenvalue weighted by Crippen LogP contribution is 2.30. The Morgan fingerprint density at radius 2 is 1.90 bits per heavy atom. The maximum absolute atomic E-state index is 13.0. The Morgan fingerprint density at radius 3 is 2.65 bits per heavy atom. The Balaban J connectivity index is 1.45. The second-order valence-corrected chi connectivity index (χ2v) is 10.5. The van der Waals surface area contributed by atoms with Gasteiger partial charge in [-0.3, -0.25) is 14.4 Å². The molecule has 1 saturated heterocycles. The number of halogens is 1. The molecule has 1 fully saturated rings. The van der Waals surface area contributed by atoms with E-state index in [0.29, 0.717) is 17.7 Å². The van der Waals surface area contributed by atoms with E-state index in [4.69, 9.17) is 0 Å². The van der Waals surface area contributed by atoms with Crippen molar-refractivity contribution in [3.05, 3.63) is 58.6 Å². The van der Waals surface area contributed by atoms with Crippen LogP contribution in [0.15, 0.2) is 57.9 Å². The van der Waals surface area contributed by atoms with Crippen LogP contribution in [0.1, 0.15) is 23.2 Å². The van der Waals surface area contributed by atoms with Crippen molar-refractivity contribution in [2.45, 2.75) is 29.8 Å². The van der Waals surface area contributed by atoms with E-state index < -0.39 is 33.6 Å². The van der Waals surface area contributed by atoms with Crippen LogP contribution in [0.2, 0.25) is 0 Å². The molecule has 2 N–H and O–H groups in total. The molecule has 0 bridgehead atoms. The molecule has 10 heteroatoms. The molecule has 2 aliphatic rings. The van der Waals surface area contributed by atoms with Gasteiger partial charge in [0.2, 0.25) is 11.8 Å². The van der Waals surface area contributed by atoms with Gasteiger partial charge in [0.15, 0.2) is 9.84 Å². The minimum absolute atomic E-state index is 0.0811. The Bertz CT molecular complexity index is 1150. The van der Waals surface area contributed by atoms with Crippen molar-refractivity contribution in [2.75, 3.05) is 17.6 Å². The number of fused-ring (bicyclic) bond motifs is 2. The monoisotopic (exact) mass is 505 g/mol. The van der Waals surface area contributed by atoms with Crippen molar-refractivity contribution >= 4 is 49.2 Å². The predicted molar refractivity (Wildman–Crippen MR) is 117 cm³/mol. The quantitative estimate of drug-likeness (QED) is 0.659. The molecule has 0 aromatic heterocycles. The molecule has 4 rings (SSSR count). The highest BCUT2D eigenvalue weighted by atomic mass is 79.9. The summed E-state index contributed by atoms with van der Waals surface area (Å²) in [5.74, 6) is -1.89. The Labute approximate surface area is 188 Å². The van der Waals surface area contributed by atoms with Crippen LogP contribution in [0.25, 0.3) is 0 Å². The SMILES string of the molecule is O=C(CS(=O)(=O)c1ccccc1)N[C@@H]1CCN2C(=O)c3cc(Br)ccc3NC(=O)[C@@H]2C1. The van der Waals surface area contributed by atoms with Gasteiger partial charge in [0.1, 0.15) is 11.8 Å². The van der Waals surface area contributed by atoms with E-state index in [-0.39, 0.29) is 29.7 Å². The first-order valence-electron chi connectivity index (χ1n) is 9.73. The van der Waals surface area contributed by atoms with Gasteiger partial charge < -0.3 is 15.5 Å². The first-order valence-corrected chi connectivity index (χ1v) is 12.2. The van der Waals surface area contributed by atoms with Crippen molar-refractivity contribution in [1.29, 1.82) is 0 Å². The van der Waals surface area contributed by atoms with E-state index in [2.05, 4.69) is 26.6 Å². The minimum Gasteiger partial charge on any atom is -0.352 e. The molecule has 0 spiro atoms. The van der Waals surface area contributed by atoms with Crippen LogP contribution >= 0.6 is 15.9 Å². The molecule has 0 saturated carbocycles. The fourth-order valence-corrected chi connectivity index (χ4v) is 5.44. The summed E-state index contributed by atoms with van der Waals surface area (Å²) in [6, 6.07) is 11.7. The van der Waals surface area contributed by atoms with Gasteiger partial charge in [0, 0.05) is 17.1 Å². The van der Waals surface area contributed by atoms with Gasteiger partial charge >= 0.3 is 0 Å². The normalized spacial score (nSPS) is 20.9. The molecule has 0 radical (unpaired) electrons. The molecule has 2 atom stereocenters. The summed E-state index contributed by atoms with van der Waals surface area (Å²) in [6.45, 7) is 0.277. The van der Waals surface area contributed by atoms with E-state index in [1.54, 1.807) is 36.4 Å². The lowest BCUT2D eigenvalue weighted by Crippen LogP contribution is -2.55.